The summed E-state index contributed by atoms with van der Waals surface area (Å²) >= 11 is 0. The van der Waals surface area contributed by atoms with E-state index in [9.17, 15) is 14.4 Å². The first-order chi connectivity index (χ1) is 8.54. The second kappa shape index (κ2) is 6.55. The molecule has 1 aromatic rings. The quantitative estimate of drug-likeness (QED) is 0.440. The molecule has 98 valence electrons. The zero-order chi connectivity index (χ0) is 13.5. The summed E-state index contributed by atoms with van der Waals surface area (Å²) in [5.41, 5.74) is 4.51. The number of rotatable bonds is 5. The SMILES string of the molecule is Cn1cc(C=CC(=O)NCCCN)c(=O)[nH]c1=O. The number of aryl methyl sites for hydroxylation is 1. The van der Waals surface area contributed by atoms with E-state index in [1.54, 1.807) is 0 Å². The third kappa shape index (κ3) is 4.02. The van der Waals surface area contributed by atoms with Crippen LogP contribution in [0, 0.1) is 0 Å². The molecule has 4 N–H and O–H groups in total. The highest BCUT2D eigenvalue weighted by Gasteiger charge is 2.00. The first-order valence-electron chi connectivity index (χ1n) is 5.50. The van der Waals surface area contributed by atoms with Crippen LogP contribution in [0.25, 0.3) is 6.08 Å². The Balaban J connectivity index is 2.73. The van der Waals surface area contributed by atoms with Gasteiger partial charge in [0.05, 0.1) is 5.56 Å². The van der Waals surface area contributed by atoms with Crippen molar-refractivity contribution in [2.75, 3.05) is 13.1 Å². The van der Waals surface area contributed by atoms with Gasteiger partial charge in [-0.3, -0.25) is 14.6 Å². The first kappa shape index (κ1) is 13.9. The summed E-state index contributed by atoms with van der Waals surface area (Å²) in [7, 11) is 1.51. The van der Waals surface area contributed by atoms with Crippen LogP contribution in [-0.2, 0) is 11.8 Å². The number of aromatic amines is 1. The Morgan fingerprint density at radius 2 is 2.28 bits per heavy atom. The van der Waals surface area contributed by atoms with E-state index >= 15 is 0 Å². The molecule has 1 heterocycles. The Kier molecular flexibility index (Phi) is 5.06. The normalized spacial score (nSPS) is 10.8. The molecule has 0 spiro atoms. The van der Waals surface area contributed by atoms with Crippen molar-refractivity contribution in [3.8, 4) is 0 Å². The monoisotopic (exact) mass is 252 g/mol. The lowest BCUT2D eigenvalue weighted by Crippen LogP contribution is -2.29. The van der Waals surface area contributed by atoms with E-state index in [2.05, 4.69) is 10.3 Å². The minimum atomic E-state index is -0.524. The highest BCUT2D eigenvalue weighted by Crippen LogP contribution is 1.90. The van der Waals surface area contributed by atoms with Crippen LogP contribution in [-0.4, -0.2) is 28.5 Å². The zero-order valence-corrected chi connectivity index (χ0v) is 10.1. The lowest BCUT2D eigenvalue weighted by atomic mass is 10.3. The number of nitrogens with zero attached hydrogens (tertiary/aromatic N) is 1. The number of nitrogens with one attached hydrogen (secondary N) is 2. The minimum Gasteiger partial charge on any atom is -0.353 e. The van der Waals surface area contributed by atoms with Crippen LogP contribution in [0.1, 0.15) is 12.0 Å². The second-order valence-electron chi connectivity index (χ2n) is 3.72. The minimum absolute atomic E-state index is 0.242. The predicted molar refractivity (Wildman–Crippen MR) is 68.0 cm³/mol. The molecule has 7 heteroatoms. The van der Waals surface area contributed by atoms with Gasteiger partial charge in [0.1, 0.15) is 0 Å². The van der Waals surface area contributed by atoms with Crippen LogP contribution in [0.4, 0.5) is 0 Å². The fraction of sp³-hybridized carbons (Fsp3) is 0.364. The Labute approximate surface area is 103 Å². The fourth-order valence-electron chi connectivity index (χ4n) is 1.24. The Morgan fingerprint density at radius 1 is 1.56 bits per heavy atom. The van der Waals surface area contributed by atoms with Gasteiger partial charge in [0, 0.05) is 25.9 Å². The summed E-state index contributed by atoms with van der Waals surface area (Å²) in [6, 6.07) is 0. The predicted octanol–water partition coefficient (Wildman–Crippen LogP) is -1.45. The Morgan fingerprint density at radius 3 is 2.94 bits per heavy atom. The molecule has 0 saturated heterocycles. The van der Waals surface area contributed by atoms with Crippen molar-refractivity contribution >= 4 is 12.0 Å². The van der Waals surface area contributed by atoms with E-state index in [1.165, 1.54) is 30.0 Å². The third-order valence-corrected chi connectivity index (χ3v) is 2.23. The van der Waals surface area contributed by atoms with Crippen molar-refractivity contribution in [3.63, 3.8) is 0 Å². The molecule has 0 radical (unpaired) electrons. The standard InChI is InChI=1S/C11H16N4O3/c1-15-7-8(10(17)14-11(15)18)3-4-9(16)13-6-2-5-12/h3-4,7H,2,5-6,12H2,1H3,(H,13,16)(H,14,17,18). The van der Waals surface area contributed by atoms with Gasteiger partial charge in [0.25, 0.3) is 5.56 Å². The lowest BCUT2D eigenvalue weighted by Gasteiger charge is -2.00. The molecule has 0 fully saturated rings. The van der Waals surface area contributed by atoms with Crippen LogP contribution in [0.15, 0.2) is 21.9 Å². The molecule has 0 atom stereocenters. The van der Waals surface area contributed by atoms with Gasteiger partial charge in [0.2, 0.25) is 5.91 Å². The van der Waals surface area contributed by atoms with Gasteiger partial charge < -0.3 is 15.6 Å². The van der Waals surface area contributed by atoms with Crippen LogP contribution < -0.4 is 22.3 Å². The van der Waals surface area contributed by atoms with Gasteiger partial charge in [-0.2, -0.15) is 0 Å². The molecule has 1 rings (SSSR count). The molecule has 1 amide bonds. The highest BCUT2D eigenvalue weighted by molar-refractivity contribution is 5.91. The largest absolute Gasteiger partial charge is 0.353 e. The highest BCUT2D eigenvalue weighted by atomic mass is 16.2. The zero-order valence-electron chi connectivity index (χ0n) is 10.1. The number of H-pyrrole nitrogens is 1. The van der Waals surface area contributed by atoms with Crippen LogP contribution in [0.2, 0.25) is 0 Å². The number of carbonyl (C=O) groups excluding carboxylic acids is 1. The Bertz CT molecular complexity index is 556. The number of nitrogens with two attached hydrogens (primary N) is 1. The van der Waals surface area contributed by atoms with Crippen molar-refractivity contribution in [3.05, 3.63) is 38.7 Å². The molecule has 1 aromatic heterocycles. The topological polar surface area (TPSA) is 110 Å². The van der Waals surface area contributed by atoms with Crippen molar-refractivity contribution in [2.24, 2.45) is 12.8 Å². The van der Waals surface area contributed by atoms with E-state index in [0.29, 0.717) is 19.5 Å². The van der Waals surface area contributed by atoms with Gasteiger partial charge in [-0.15, -0.1) is 0 Å². The van der Waals surface area contributed by atoms with Gasteiger partial charge in [-0.25, -0.2) is 4.79 Å². The number of aromatic nitrogens is 2. The van der Waals surface area contributed by atoms with Crippen LogP contribution in [0.3, 0.4) is 0 Å². The average molecular weight is 252 g/mol. The second-order valence-corrected chi connectivity index (χ2v) is 3.72. The molecule has 0 bridgehead atoms. The molecule has 7 nitrogen and oxygen atoms in total. The number of hydrogen-bond acceptors (Lipinski definition) is 4. The number of carbonyl (C=O) groups is 1. The van der Waals surface area contributed by atoms with E-state index in [0.717, 1.165) is 0 Å². The molecule has 0 aromatic carbocycles. The fourth-order valence-corrected chi connectivity index (χ4v) is 1.24. The molecular weight excluding hydrogens is 236 g/mol. The maximum absolute atomic E-state index is 11.4. The summed E-state index contributed by atoms with van der Waals surface area (Å²) in [6.45, 7) is 0.994. The van der Waals surface area contributed by atoms with Gasteiger partial charge >= 0.3 is 5.69 Å². The molecule has 0 aliphatic rings. The van der Waals surface area contributed by atoms with Crippen molar-refractivity contribution in [1.82, 2.24) is 14.9 Å². The van der Waals surface area contributed by atoms with Gasteiger partial charge in [-0.05, 0) is 19.0 Å². The van der Waals surface area contributed by atoms with Crippen molar-refractivity contribution in [2.45, 2.75) is 6.42 Å². The van der Waals surface area contributed by atoms with Gasteiger partial charge in [-0.1, -0.05) is 0 Å². The van der Waals surface area contributed by atoms with E-state index < -0.39 is 11.2 Å². The maximum Gasteiger partial charge on any atom is 0.328 e. The third-order valence-electron chi connectivity index (χ3n) is 2.23. The summed E-state index contributed by atoms with van der Waals surface area (Å²) in [4.78, 5) is 36.0. The van der Waals surface area contributed by atoms with E-state index in [4.69, 9.17) is 5.73 Å². The smallest absolute Gasteiger partial charge is 0.328 e. The number of amides is 1. The average Bonchev–Trinajstić information content (AvgIpc) is 2.32. The van der Waals surface area contributed by atoms with Crippen molar-refractivity contribution in [1.29, 1.82) is 0 Å². The molecular formula is C11H16N4O3. The molecule has 0 saturated carbocycles. The molecule has 18 heavy (non-hydrogen) atoms. The maximum atomic E-state index is 11.4. The van der Waals surface area contributed by atoms with Crippen LogP contribution in [0.5, 0.6) is 0 Å². The van der Waals surface area contributed by atoms with E-state index in [1.807, 2.05) is 0 Å². The Hall–Kier alpha value is -2.15. The summed E-state index contributed by atoms with van der Waals surface area (Å²) in [5, 5.41) is 2.61. The summed E-state index contributed by atoms with van der Waals surface area (Å²) < 4.78 is 1.23. The van der Waals surface area contributed by atoms with Gasteiger partial charge in [0.15, 0.2) is 0 Å². The molecule has 0 aliphatic heterocycles. The molecule has 0 unspecified atom stereocenters. The molecule has 0 aliphatic carbocycles. The summed E-state index contributed by atoms with van der Waals surface area (Å²) in [6.07, 6.45) is 4.66. The lowest BCUT2D eigenvalue weighted by molar-refractivity contribution is -0.116. The number of hydrogen-bond donors (Lipinski definition) is 3. The van der Waals surface area contributed by atoms with Crippen LogP contribution >= 0.6 is 0 Å². The first-order valence-corrected chi connectivity index (χ1v) is 5.50. The summed E-state index contributed by atoms with van der Waals surface area (Å²) in [5.74, 6) is -0.309. The van der Waals surface area contributed by atoms with Crippen molar-refractivity contribution < 1.29 is 4.79 Å². The van der Waals surface area contributed by atoms with E-state index in [-0.39, 0.29) is 11.5 Å².